The third kappa shape index (κ3) is 2.35. The second-order valence-electron chi connectivity index (χ2n) is 3.39. The first kappa shape index (κ1) is 11.0. The lowest BCUT2D eigenvalue weighted by Gasteiger charge is -2.26. The van der Waals surface area contributed by atoms with E-state index in [1.807, 2.05) is 0 Å². The fourth-order valence-corrected chi connectivity index (χ4v) is 1.53. The predicted octanol–water partition coefficient (Wildman–Crippen LogP) is -0.475. The van der Waals surface area contributed by atoms with Crippen LogP contribution in [0.15, 0.2) is 12.4 Å². The largest absolute Gasteiger partial charge is 0.434 e. The van der Waals surface area contributed by atoms with Crippen LogP contribution in [-0.2, 0) is 16.0 Å². The zero-order valence-electron chi connectivity index (χ0n) is 8.35. The number of hydrogen-bond donors (Lipinski definition) is 1. The summed E-state index contributed by atoms with van der Waals surface area (Å²) in [4.78, 5) is 13.6. The standard InChI is InChI=1S/C8H11N3O5/c12-7-5-15-4-6(16-7)3-10-2-1-9-8(10)11(13)14/h1-2,6-7,12H,3-5H2. The molecule has 1 fully saturated rings. The summed E-state index contributed by atoms with van der Waals surface area (Å²) in [5.41, 5.74) is 0. The van der Waals surface area contributed by atoms with Crippen molar-refractivity contribution in [2.24, 2.45) is 0 Å². The first-order valence-corrected chi connectivity index (χ1v) is 4.73. The average Bonchev–Trinajstić information content (AvgIpc) is 2.66. The predicted molar refractivity (Wildman–Crippen MR) is 50.6 cm³/mol. The Bertz CT molecular complexity index is 380. The molecule has 0 radical (unpaired) electrons. The monoisotopic (exact) mass is 229 g/mol. The Labute approximate surface area is 90.6 Å². The van der Waals surface area contributed by atoms with E-state index < -0.39 is 17.3 Å². The summed E-state index contributed by atoms with van der Waals surface area (Å²) < 4.78 is 11.6. The van der Waals surface area contributed by atoms with Crippen molar-refractivity contribution in [3.8, 4) is 0 Å². The maximum absolute atomic E-state index is 10.6. The fourth-order valence-electron chi connectivity index (χ4n) is 1.53. The van der Waals surface area contributed by atoms with Crippen molar-refractivity contribution >= 4 is 5.95 Å². The van der Waals surface area contributed by atoms with E-state index in [0.717, 1.165) is 0 Å². The number of rotatable bonds is 3. The highest BCUT2D eigenvalue weighted by atomic mass is 16.7. The Hall–Kier alpha value is -1.51. The van der Waals surface area contributed by atoms with E-state index in [2.05, 4.69) is 4.98 Å². The average molecular weight is 229 g/mol. The number of aromatic nitrogens is 2. The topological polar surface area (TPSA) is 99.7 Å². The Morgan fingerprint density at radius 1 is 1.69 bits per heavy atom. The number of imidazole rings is 1. The molecule has 0 saturated carbocycles. The highest BCUT2D eigenvalue weighted by Gasteiger charge is 2.25. The zero-order valence-corrected chi connectivity index (χ0v) is 8.35. The van der Waals surface area contributed by atoms with Crippen LogP contribution in [-0.4, -0.2) is 45.2 Å². The summed E-state index contributed by atoms with van der Waals surface area (Å²) in [5, 5.41) is 19.8. The van der Waals surface area contributed by atoms with Gasteiger partial charge in [0, 0.05) is 0 Å². The van der Waals surface area contributed by atoms with Gasteiger partial charge in [0.05, 0.1) is 13.2 Å². The molecular weight excluding hydrogens is 218 g/mol. The molecule has 2 unspecified atom stereocenters. The molecule has 0 spiro atoms. The Morgan fingerprint density at radius 2 is 2.50 bits per heavy atom. The van der Waals surface area contributed by atoms with Gasteiger partial charge in [-0.3, -0.25) is 0 Å². The summed E-state index contributed by atoms with van der Waals surface area (Å²) in [7, 11) is 0. The molecule has 0 aliphatic carbocycles. The molecule has 88 valence electrons. The molecule has 1 aromatic rings. The summed E-state index contributed by atoms with van der Waals surface area (Å²) in [5.74, 6) is -0.247. The summed E-state index contributed by atoms with van der Waals surface area (Å²) in [6, 6.07) is 0. The molecule has 0 bridgehead atoms. The van der Waals surface area contributed by atoms with Crippen LogP contribution in [0.25, 0.3) is 0 Å². The van der Waals surface area contributed by atoms with Gasteiger partial charge < -0.3 is 24.7 Å². The molecule has 1 aromatic heterocycles. The smallest absolute Gasteiger partial charge is 0.390 e. The van der Waals surface area contributed by atoms with Crippen LogP contribution in [0.4, 0.5) is 5.95 Å². The third-order valence-electron chi connectivity index (χ3n) is 2.17. The van der Waals surface area contributed by atoms with Crippen LogP contribution >= 0.6 is 0 Å². The van der Waals surface area contributed by atoms with Gasteiger partial charge in [0.25, 0.3) is 0 Å². The van der Waals surface area contributed by atoms with E-state index in [1.54, 1.807) is 0 Å². The molecule has 1 N–H and O–H groups in total. The molecule has 8 heteroatoms. The molecule has 0 aromatic carbocycles. The van der Waals surface area contributed by atoms with Gasteiger partial charge in [-0.15, -0.1) is 0 Å². The van der Waals surface area contributed by atoms with Crippen LogP contribution in [0.2, 0.25) is 0 Å². The van der Waals surface area contributed by atoms with Crippen molar-refractivity contribution in [2.45, 2.75) is 18.9 Å². The van der Waals surface area contributed by atoms with E-state index >= 15 is 0 Å². The first-order chi connectivity index (χ1) is 7.66. The molecule has 8 nitrogen and oxygen atoms in total. The van der Waals surface area contributed by atoms with Gasteiger partial charge in [-0.1, -0.05) is 4.98 Å². The van der Waals surface area contributed by atoms with Crippen LogP contribution in [0.5, 0.6) is 0 Å². The number of aliphatic hydroxyl groups is 1. The van der Waals surface area contributed by atoms with Crippen molar-refractivity contribution in [1.29, 1.82) is 0 Å². The number of ether oxygens (including phenoxy) is 2. The summed E-state index contributed by atoms with van der Waals surface area (Å²) in [6.45, 7) is 0.655. The van der Waals surface area contributed by atoms with Crippen LogP contribution < -0.4 is 0 Å². The fraction of sp³-hybridized carbons (Fsp3) is 0.625. The normalized spacial score (nSPS) is 25.6. The lowest BCUT2D eigenvalue weighted by molar-refractivity contribution is -0.397. The lowest BCUT2D eigenvalue weighted by Crippen LogP contribution is -2.38. The van der Waals surface area contributed by atoms with Crippen molar-refractivity contribution in [3.63, 3.8) is 0 Å². The van der Waals surface area contributed by atoms with Crippen molar-refractivity contribution < 1.29 is 19.5 Å². The van der Waals surface area contributed by atoms with Crippen molar-refractivity contribution in [3.05, 3.63) is 22.5 Å². The van der Waals surface area contributed by atoms with E-state index in [-0.39, 0.29) is 19.1 Å². The van der Waals surface area contributed by atoms with Gasteiger partial charge in [-0.05, 0) is 4.92 Å². The minimum atomic E-state index is -0.971. The van der Waals surface area contributed by atoms with E-state index in [4.69, 9.17) is 9.47 Å². The van der Waals surface area contributed by atoms with Crippen LogP contribution in [0.1, 0.15) is 0 Å². The number of hydrogen-bond acceptors (Lipinski definition) is 6. The molecule has 1 aliphatic rings. The van der Waals surface area contributed by atoms with Crippen molar-refractivity contribution in [2.75, 3.05) is 13.2 Å². The molecule has 2 heterocycles. The van der Waals surface area contributed by atoms with E-state index in [9.17, 15) is 15.2 Å². The maximum atomic E-state index is 10.6. The molecule has 1 aliphatic heterocycles. The Kier molecular flexibility index (Phi) is 3.13. The van der Waals surface area contributed by atoms with Gasteiger partial charge in [0.2, 0.25) is 0 Å². The van der Waals surface area contributed by atoms with Gasteiger partial charge in [-0.2, -0.15) is 0 Å². The zero-order chi connectivity index (χ0) is 11.5. The molecule has 2 atom stereocenters. The molecule has 2 rings (SSSR count). The highest BCUT2D eigenvalue weighted by molar-refractivity contribution is 5.06. The lowest BCUT2D eigenvalue weighted by atomic mass is 10.3. The van der Waals surface area contributed by atoms with Gasteiger partial charge in [0.1, 0.15) is 25.0 Å². The van der Waals surface area contributed by atoms with Crippen LogP contribution in [0, 0.1) is 10.1 Å². The molecule has 0 amide bonds. The van der Waals surface area contributed by atoms with Gasteiger partial charge in [-0.25, -0.2) is 4.57 Å². The number of nitro groups is 1. The molecule has 1 saturated heterocycles. The SMILES string of the molecule is O=[N+]([O-])c1nccn1CC1COCC(O)O1. The number of aliphatic hydroxyl groups excluding tert-OH is 1. The molecule has 16 heavy (non-hydrogen) atoms. The molecular formula is C8H11N3O5. The summed E-state index contributed by atoms with van der Waals surface area (Å²) >= 11 is 0. The summed E-state index contributed by atoms with van der Waals surface area (Å²) in [6.07, 6.45) is 1.46. The number of nitrogens with zero attached hydrogens (tertiary/aromatic N) is 3. The van der Waals surface area contributed by atoms with Gasteiger partial charge >= 0.3 is 5.95 Å². The minimum absolute atomic E-state index is 0.128. The highest BCUT2D eigenvalue weighted by Crippen LogP contribution is 2.13. The van der Waals surface area contributed by atoms with E-state index in [1.165, 1.54) is 17.0 Å². The first-order valence-electron chi connectivity index (χ1n) is 4.73. The van der Waals surface area contributed by atoms with Crippen LogP contribution in [0.3, 0.4) is 0 Å². The van der Waals surface area contributed by atoms with Gasteiger partial charge in [0.15, 0.2) is 6.29 Å². The quantitative estimate of drug-likeness (QED) is 0.555. The van der Waals surface area contributed by atoms with Crippen molar-refractivity contribution in [1.82, 2.24) is 9.55 Å². The van der Waals surface area contributed by atoms with E-state index in [0.29, 0.717) is 6.61 Å². The minimum Gasteiger partial charge on any atom is -0.390 e. The Balaban J connectivity index is 2.02. The Morgan fingerprint density at radius 3 is 3.19 bits per heavy atom. The third-order valence-corrected chi connectivity index (χ3v) is 2.17. The second-order valence-corrected chi connectivity index (χ2v) is 3.39. The maximum Gasteiger partial charge on any atom is 0.434 e. The second kappa shape index (κ2) is 4.56.